The van der Waals surface area contributed by atoms with E-state index in [1.165, 1.54) is 0 Å². The standard InChI is InChI=1S/C14H29N3O3/c1-6-8-16-12(18)11(2)15-9-7-10-17-13(19)20-14(3,4)5/h11,15H,6-10H2,1-5H3,(H,16,18)(H,17,19). The number of nitrogens with one attached hydrogen (secondary N) is 3. The molecule has 0 aromatic carbocycles. The number of ether oxygens (including phenoxy) is 1. The number of hydrogen-bond acceptors (Lipinski definition) is 4. The molecule has 0 bridgehead atoms. The Morgan fingerprint density at radius 3 is 2.30 bits per heavy atom. The van der Waals surface area contributed by atoms with Crippen molar-refractivity contribution in [2.24, 2.45) is 0 Å². The highest BCUT2D eigenvalue weighted by molar-refractivity contribution is 5.81. The van der Waals surface area contributed by atoms with E-state index >= 15 is 0 Å². The van der Waals surface area contributed by atoms with Crippen LogP contribution in [0.4, 0.5) is 4.79 Å². The minimum absolute atomic E-state index is 0.00644. The Morgan fingerprint density at radius 2 is 1.75 bits per heavy atom. The van der Waals surface area contributed by atoms with Crippen molar-refractivity contribution in [3.05, 3.63) is 0 Å². The van der Waals surface area contributed by atoms with E-state index < -0.39 is 11.7 Å². The zero-order valence-corrected chi connectivity index (χ0v) is 13.3. The van der Waals surface area contributed by atoms with Crippen LogP contribution in [0.15, 0.2) is 0 Å². The summed E-state index contributed by atoms with van der Waals surface area (Å²) in [6.07, 6.45) is 1.26. The highest BCUT2D eigenvalue weighted by atomic mass is 16.6. The summed E-state index contributed by atoms with van der Waals surface area (Å²) in [6, 6.07) is -0.219. The summed E-state index contributed by atoms with van der Waals surface area (Å²) in [4.78, 5) is 22.9. The van der Waals surface area contributed by atoms with Gasteiger partial charge < -0.3 is 20.7 Å². The molecule has 1 atom stereocenters. The Labute approximate surface area is 122 Å². The van der Waals surface area contributed by atoms with E-state index in [9.17, 15) is 9.59 Å². The molecule has 6 heteroatoms. The summed E-state index contributed by atoms with van der Waals surface area (Å²) in [6.45, 7) is 11.2. The predicted molar refractivity (Wildman–Crippen MR) is 79.6 cm³/mol. The van der Waals surface area contributed by atoms with Crippen molar-refractivity contribution in [2.45, 2.75) is 59.1 Å². The molecule has 2 amide bonds. The number of amides is 2. The van der Waals surface area contributed by atoms with Gasteiger partial charge in [-0.1, -0.05) is 6.92 Å². The average molecular weight is 287 g/mol. The monoisotopic (exact) mass is 287 g/mol. The van der Waals surface area contributed by atoms with E-state index in [1.807, 2.05) is 34.6 Å². The third-order valence-corrected chi connectivity index (χ3v) is 2.41. The minimum atomic E-state index is -0.478. The molecule has 118 valence electrons. The lowest BCUT2D eigenvalue weighted by Gasteiger charge is -2.19. The fourth-order valence-electron chi connectivity index (χ4n) is 1.41. The second-order valence-electron chi connectivity index (χ2n) is 5.75. The van der Waals surface area contributed by atoms with Gasteiger partial charge in [-0.25, -0.2) is 4.79 Å². The van der Waals surface area contributed by atoms with E-state index in [0.29, 0.717) is 19.6 Å². The number of alkyl carbamates (subject to hydrolysis) is 1. The van der Waals surface area contributed by atoms with Crippen molar-refractivity contribution in [1.29, 1.82) is 0 Å². The number of rotatable bonds is 8. The second kappa shape index (κ2) is 9.58. The molecule has 0 aromatic rings. The molecule has 0 saturated heterocycles. The molecule has 0 saturated carbocycles. The molecule has 0 rings (SSSR count). The van der Waals surface area contributed by atoms with Gasteiger partial charge in [0, 0.05) is 13.1 Å². The third-order valence-electron chi connectivity index (χ3n) is 2.41. The van der Waals surface area contributed by atoms with Crippen molar-refractivity contribution in [3.63, 3.8) is 0 Å². The number of carbonyl (C=O) groups is 2. The van der Waals surface area contributed by atoms with Gasteiger partial charge in [0.1, 0.15) is 5.60 Å². The molecule has 0 aliphatic rings. The van der Waals surface area contributed by atoms with E-state index in [2.05, 4.69) is 16.0 Å². The molecular formula is C14H29N3O3. The quantitative estimate of drug-likeness (QED) is 0.590. The molecule has 0 fully saturated rings. The fraction of sp³-hybridized carbons (Fsp3) is 0.857. The Morgan fingerprint density at radius 1 is 1.10 bits per heavy atom. The Bertz CT molecular complexity index is 301. The lowest BCUT2D eigenvalue weighted by atomic mass is 10.2. The molecule has 0 aromatic heterocycles. The Balaban J connectivity index is 3.61. The summed E-state index contributed by atoms with van der Waals surface area (Å²) in [5.74, 6) is 0.00644. The lowest BCUT2D eigenvalue weighted by molar-refractivity contribution is -0.122. The van der Waals surface area contributed by atoms with Crippen molar-refractivity contribution in [2.75, 3.05) is 19.6 Å². The smallest absolute Gasteiger partial charge is 0.407 e. The van der Waals surface area contributed by atoms with E-state index in [4.69, 9.17) is 4.74 Å². The summed E-state index contributed by atoms with van der Waals surface area (Å²) < 4.78 is 5.11. The average Bonchev–Trinajstić information content (AvgIpc) is 2.32. The predicted octanol–water partition coefficient (Wildman–Crippen LogP) is 1.41. The molecular weight excluding hydrogens is 258 g/mol. The fourth-order valence-corrected chi connectivity index (χ4v) is 1.41. The van der Waals surface area contributed by atoms with Gasteiger partial charge in [-0.2, -0.15) is 0 Å². The summed E-state index contributed by atoms with van der Waals surface area (Å²) in [7, 11) is 0. The van der Waals surface area contributed by atoms with Crippen LogP contribution in [0.25, 0.3) is 0 Å². The number of carbonyl (C=O) groups excluding carboxylic acids is 2. The zero-order valence-electron chi connectivity index (χ0n) is 13.3. The molecule has 0 radical (unpaired) electrons. The van der Waals surface area contributed by atoms with Crippen molar-refractivity contribution in [3.8, 4) is 0 Å². The molecule has 0 spiro atoms. The minimum Gasteiger partial charge on any atom is -0.444 e. The molecule has 0 aliphatic heterocycles. The first-order valence-electron chi connectivity index (χ1n) is 7.24. The highest BCUT2D eigenvalue weighted by Crippen LogP contribution is 2.06. The lowest BCUT2D eigenvalue weighted by Crippen LogP contribution is -2.43. The molecule has 0 heterocycles. The third kappa shape index (κ3) is 10.6. The molecule has 20 heavy (non-hydrogen) atoms. The van der Waals surface area contributed by atoms with Crippen LogP contribution >= 0.6 is 0 Å². The van der Waals surface area contributed by atoms with Crippen LogP contribution in [-0.2, 0) is 9.53 Å². The van der Waals surface area contributed by atoms with Crippen LogP contribution in [0.3, 0.4) is 0 Å². The van der Waals surface area contributed by atoms with Crippen LogP contribution in [-0.4, -0.2) is 43.3 Å². The van der Waals surface area contributed by atoms with Crippen molar-refractivity contribution in [1.82, 2.24) is 16.0 Å². The Hall–Kier alpha value is -1.30. The normalized spacial score (nSPS) is 12.7. The maximum absolute atomic E-state index is 11.6. The van der Waals surface area contributed by atoms with E-state index in [1.54, 1.807) is 0 Å². The van der Waals surface area contributed by atoms with Gasteiger partial charge in [0.25, 0.3) is 0 Å². The first kappa shape index (κ1) is 18.7. The SMILES string of the molecule is CCCNC(=O)C(C)NCCCNC(=O)OC(C)(C)C. The molecule has 1 unspecified atom stereocenters. The Kier molecular flexibility index (Phi) is 8.96. The molecule has 0 aliphatic carbocycles. The maximum atomic E-state index is 11.6. The molecule has 3 N–H and O–H groups in total. The summed E-state index contributed by atoms with van der Waals surface area (Å²) in [5, 5.41) is 8.61. The first-order chi connectivity index (χ1) is 9.26. The topological polar surface area (TPSA) is 79.5 Å². The van der Waals surface area contributed by atoms with Gasteiger partial charge in [0.15, 0.2) is 0 Å². The molecule has 6 nitrogen and oxygen atoms in total. The van der Waals surface area contributed by atoms with Crippen LogP contribution in [0.1, 0.15) is 47.5 Å². The van der Waals surface area contributed by atoms with Crippen LogP contribution < -0.4 is 16.0 Å². The highest BCUT2D eigenvalue weighted by Gasteiger charge is 2.15. The second-order valence-corrected chi connectivity index (χ2v) is 5.75. The van der Waals surface area contributed by atoms with Crippen molar-refractivity contribution >= 4 is 12.0 Å². The van der Waals surface area contributed by atoms with Gasteiger partial charge in [-0.05, 0) is 47.1 Å². The number of hydrogen-bond donors (Lipinski definition) is 3. The first-order valence-corrected chi connectivity index (χ1v) is 7.24. The van der Waals surface area contributed by atoms with Gasteiger partial charge >= 0.3 is 6.09 Å². The van der Waals surface area contributed by atoms with Crippen LogP contribution in [0.5, 0.6) is 0 Å². The van der Waals surface area contributed by atoms with Gasteiger partial charge in [0.05, 0.1) is 6.04 Å². The maximum Gasteiger partial charge on any atom is 0.407 e. The van der Waals surface area contributed by atoms with Crippen LogP contribution in [0.2, 0.25) is 0 Å². The van der Waals surface area contributed by atoms with Gasteiger partial charge in [-0.3, -0.25) is 4.79 Å². The van der Waals surface area contributed by atoms with E-state index in [-0.39, 0.29) is 11.9 Å². The van der Waals surface area contributed by atoms with Crippen molar-refractivity contribution < 1.29 is 14.3 Å². The summed E-state index contributed by atoms with van der Waals surface area (Å²) in [5.41, 5.74) is -0.478. The largest absolute Gasteiger partial charge is 0.444 e. The summed E-state index contributed by atoms with van der Waals surface area (Å²) >= 11 is 0. The van der Waals surface area contributed by atoms with Crippen LogP contribution in [0, 0.1) is 0 Å². The van der Waals surface area contributed by atoms with Gasteiger partial charge in [0.2, 0.25) is 5.91 Å². The van der Waals surface area contributed by atoms with E-state index in [0.717, 1.165) is 12.8 Å². The van der Waals surface area contributed by atoms with Gasteiger partial charge in [-0.15, -0.1) is 0 Å². The zero-order chi connectivity index (χ0) is 15.6.